The lowest BCUT2D eigenvalue weighted by atomic mass is 10.2. The van der Waals surface area contributed by atoms with Gasteiger partial charge in [0.2, 0.25) is 5.91 Å². The molecule has 1 aromatic carbocycles. The fourth-order valence-corrected chi connectivity index (χ4v) is 1.29. The highest BCUT2D eigenvalue weighted by atomic mass is 19.1. The lowest BCUT2D eigenvalue weighted by Gasteiger charge is -2.10. The first-order valence-electron chi connectivity index (χ1n) is 5.04. The summed E-state index contributed by atoms with van der Waals surface area (Å²) in [6.45, 7) is 0. The molecule has 0 bridgehead atoms. The Hall–Kier alpha value is -2.55. The Kier molecular flexibility index (Phi) is 4.48. The third-order valence-electron chi connectivity index (χ3n) is 2.17. The number of aliphatic carboxylic acids is 1. The molecule has 19 heavy (non-hydrogen) atoms. The summed E-state index contributed by atoms with van der Waals surface area (Å²) in [7, 11) is 0. The third kappa shape index (κ3) is 3.71. The van der Waals surface area contributed by atoms with Crippen molar-refractivity contribution in [2.45, 2.75) is 12.5 Å². The summed E-state index contributed by atoms with van der Waals surface area (Å²) in [5, 5.41) is 21.0. The molecule has 0 spiro atoms. The molecule has 0 aromatic heterocycles. The van der Waals surface area contributed by atoms with Crippen molar-refractivity contribution in [1.82, 2.24) is 0 Å². The Morgan fingerprint density at radius 1 is 1.53 bits per heavy atom. The quantitative estimate of drug-likeness (QED) is 0.526. The molecule has 4 N–H and O–H groups in total. The van der Waals surface area contributed by atoms with E-state index in [-0.39, 0.29) is 0 Å². The van der Waals surface area contributed by atoms with Gasteiger partial charge in [0.1, 0.15) is 0 Å². The van der Waals surface area contributed by atoms with Gasteiger partial charge in [-0.1, -0.05) is 6.07 Å². The summed E-state index contributed by atoms with van der Waals surface area (Å²) in [5.41, 5.74) is 3.97. The van der Waals surface area contributed by atoms with Crippen LogP contribution in [0.4, 0.5) is 15.8 Å². The number of nitro groups is 1. The Labute approximate surface area is 106 Å². The Morgan fingerprint density at radius 3 is 2.68 bits per heavy atom. The number of hydrogen-bond acceptors (Lipinski definition) is 5. The van der Waals surface area contributed by atoms with Crippen LogP contribution in [-0.2, 0) is 9.59 Å². The van der Waals surface area contributed by atoms with Crippen molar-refractivity contribution in [2.24, 2.45) is 5.73 Å². The minimum atomic E-state index is -1.43. The van der Waals surface area contributed by atoms with Crippen LogP contribution < -0.4 is 11.1 Å². The molecule has 0 aliphatic heterocycles. The van der Waals surface area contributed by atoms with Gasteiger partial charge in [-0.2, -0.15) is 0 Å². The standard InChI is InChI=1S/C10H10FN3O5/c11-5-2-1-3-7(14(18)19)9(5)13-10(17)6(12)4-8(15)16/h1-3,6H,4,12H2,(H,13,17)(H,15,16). The maximum absolute atomic E-state index is 13.4. The fraction of sp³-hybridized carbons (Fsp3) is 0.200. The summed E-state index contributed by atoms with van der Waals surface area (Å²) in [4.78, 5) is 31.6. The van der Waals surface area contributed by atoms with E-state index in [0.717, 1.165) is 18.2 Å². The zero-order chi connectivity index (χ0) is 14.6. The predicted octanol–water partition coefficient (Wildman–Crippen LogP) is 0.474. The molecule has 1 unspecified atom stereocenters. The van der Waals surface area contributed by atoms with E-state index in [2.05, 4.69) is 0 Å². The van der Waals surface area contributed by atoms with E-state index < -0.39 is 46.5 Å². The molecular weight excluding hydrogens is 261 g/mol. The molecule has 9 heteroatoms. The van der Waals surface area contributed by atoms with E-state index in [1.165, 1.54) is 0 Å². The number of carboxylic acid groups (broad SMARTS) is 1. The molecule has 0 saturated heterocycles. The fourth-order valence-electron chi connectivity index (χ4n) is 1.29. The number of nitrogens with zero attached hydrogens (tertiary/aromatic N) is 1. The van der Waals surface area contributed by atoms with Gasteiger partial charge in [-0.05, 0) is 6.07 Å². The van der Waals surface area contributed by atoms with E-state index >= 15 is 0 Å². The lowest BCUT2D eigenvalue weighted by Crippen LogP contribution is -2.37. The first-order valence-corrected chi connectivity index (χ1v) is 5.04. The number of hydrogen-bond donors (Lipinski definition) is 3. The molecular formula is C10H10FN3O5. The van der Waals surface area contributed by atoms with Crippen LogP contribution >= 0.6 is 0 Å². The Bertz CT molecular complexity index is 534. The molecule has 1 aromatic rings. The summed E-state index contributed by atoms with van der Waals surface area (Å²) in [6, 6.07) is 1.60. The largest absolute Gasteiger partial charge is 0.481 e. The number of amides is 1. The lowest BCUT2D eigenvalue weighted by molar-refractivity contribution is -0.384. The first-order chi connectivity index (χ1) is 8.82. The average molecular weight is 271 g/mol. The second-order valence-corrected chi connectivity index (χ2v) is 3.58. The number of halogens is 1. The highest BCUT2D eigenvalue weighted by Gasteiger charge is 2.23. The van der Waals surface area contributed by atoms with Crippen molar-refractivity contribution >= 4 is 23.3 Å². The van der Waals surface area contributed by atoms with Gasteiger partial charge in [-0.25, -0.2) is 4.39 Å². The van der Waals surface area contributed by atoms with Crippen molar-refractivity contribution in [3.8, 4) is 0 Å². The van der Waals surface area contributed by atoms with Crippen molar-refractivity contribution < 1.29 is 24.0 Å². The maximum Gasteiger partial charge on any atom is 0.305 e. The van der Waals surface area contributed by atoms with E-state index in [1.54, 1.807) is 0 Å². The second kappa shape index (κ2) is 5.87. The average Bonchev–Trinajstić information content (AvgIpc) is 2.30. The number of carbonyl (C=O) groups excluding carboxylic acids is 1. The molecule has 0 aliphatic rings. The van der Waals surface area contributed by atoms with Gasteiger partial charge in [0.15, 0.2) is 11.5 Å². The van der Waals surface area contributed by atoms with Crippen LogP contribution in [-0.4, -0.2) is 27.9 Å². The summed E-state index contributed by atoms with van der Waals surface area (Å²) in [5.74, 6) is -3.34. The predicted molar refractivity (Wildman–Crippen MR) is 61.9 cm³/mol. The number of nitro benzene ring substituents is 1. The minimum Gasteiger partial charge on any atom is -0.481 e. The van der Waals surface area contributed by atoms with Crippen LogP contribution in [0.1, 0.15) is 6.42 Å². The van der Waals surface area contributed by atoms with E-state index in [4.69, 9.17) is 10.8 Å². The molecule has 0 fully saturated rings. The number of carboxylic acids is 1. The van der Waals surface area contributed by atoms with Gasteiger partial charge in [-0.3, -0.25) is 19.7 Å². The van der Waals surface area contributed by atoms with Crippen LogP contribution in [0.5, 0.6) is 0 Å². The van der Waals surface area contributed by atoms with Crippen molar-refractivity contribution in [2.75, 3.05) is 5.32 Å². The zero-order valence-corrected chi connectivity index (χ0v) is 9.50. The van der Waals surface area contributed by atoms with Gasteiger partial charge < -0.3 is 16.2 Å². The molecule has 102 valence electrons. The molecule has 0 radical (unpaired) electrons. The van der Waals surface area contributed by atoms with Gasteiger partial charge in [0, 0.05) is 6.07 Å². The number of para-hydroxylation sites is 1. The molecule has 1 atom stereocenters. The highest BCUT2D eigenvalue weighted by Crippen LogP contribution is 2.26. The van der Waals surface area contributed by atoms with Gasteiger partial charge in [-0.15, -0.1) is 0 Å². The molecule has 1 amide bonds. The molecule has 0 heterocycles. The van der Waals surface area contributed by atoms with E-state index in [0.29, 0.717) is 0 Å². The van der Waals surface area contributed by atoms with Gasteiger partial charge in [0.05, 0.1) is 17.4 Å². The molecule has 0 saturated carbocycles. The summed E-state index contributed by atoms with van der Waals surface area (Å²) >= 11 is 0. The number of benzene rings is 1. The van der Waals surface area contributed by atoms with Crippen molar-refractivity contribution in [3.63, 3.8) is 0 Å². The molecule has 1 rings (SSSR count). The van der Waals surface area contributed by atoms with E-state index in [9.17, 15) is 24.1 Å². The number of rotatable bonds is 5. The van der Waals surface area contributed by atoms with Crippen LogP contribution in [0.25, 0.3) is 0 Å². The van der Waals surface area contributed by atoms with Gasteiger partial charge >= 0.3 is 5.97 Å². The van der Waals surface area contributed by atoms with E-state index in [1.807, 2.05) is 5.32 Å². The monoisotopic (exact) mass is 271 g/mol. The smallest absolute Gasteiger partial charge is 0.305 e. The Morgan fingerprint density at radius 2 is 2.16 bits per heavy atom. The van der Waals surface area contributed by atoms with Crippen LogP contribution in [0, 0.1) is 15.9 Å². The minimum absolute atomic E-state index is 0.640. The number of carbonyl (C=O) groups is 2. The summed E-state index contributed by atoms with van der Waals surface area (Å²) < 4.78 is 13.4. The summed E-state index contributed by atoms with van der Waals surface area (Å²) in [6.07, 6.45) is -0.673. The SMILES string of the molecule is NC(CC(=O)O)C(=O)Nc1c(F)cccc1[N+](=O)[O-]. The number of nitrogens with one attached hydrogen (secondary N) is 1. The topological polar surface area (TPSA) is 136 Å². The number of nitrogens with two attached hydrogens (primary N) is 1. The normalized spacial score (nSPS) is 11.7. The van der Waals surface area contributed by atoms with Crippen LogP contribution in [0.2, 0.25) is 0 Å². The maximum atomic E-state index is 13.4. The van der Waals surface area contributed by atoms with Crippen LogP contribution in [0.3, 0.4) is 0 Å². The molecule has 0 aliphatic carbocycles. The van der Waals surface area contributed by atoms with Crippen molar-refractivity contribution in [1.29, 1.82) is 0 Å². The van der Waals surface area contributed by atoms with Crippen LogP contribution in [0.15, 0.2) is 18.2 Å². The zero-order valence-electron chi connectivity index (χ0n) is 9.50. The second-order valence-electron chi connectivity index (χ2n) is 3.58. The highest BCUT2D eigenvalue weighted by molar-refractivity contribution is 5.98. The van der Waals surface area contributed by atoms with Crippen molar-refractivity contribution in [3.05, 3.63) is 34.1 Å². The molecule has 8 nitrogen and oxygen atoms in total. The third-order valence-corrected chi connectivity index (χ3v) is 2.17. The Balaban J connectivity index is 2.96. The van der Waals surface area contributed by atoms with Gasteiger partial charge in [0.25, 0.3) is 5.69 Å². The number of anilines is 1. The first kappa shape index (κ1) is 14.5.